The van der Waals surface area contributed by atoms with Gasteiger partial charge in [0.15, 0.2) is 5.16 Å². The van der Waals surface area contributed by atoms with Crippen LogP contribution in [0.2, 0.25) is 5.02 Å². The summed E-state index contributed by atoms with van der Waals surface area (Å²) in [4.78, 5) is 17.2. The van der Waals surface area contributed by atoms with Crippen LogP contribution >= 0.6 is 23.4 Å². The molecule has 190 valence electrons. The van der Waals surface area contributed by atoms with Crippen molar-refractivity contribution in [3.63, 3.8) is 0 Å². The van der Waals surface area contributed by atoms with Gasteiger partial charge in [-0.05, 0) is 59.2 Å². The van der Waals surface area contributed by atoms with Gasteiger partial charge in [0.05, 0.1) is 29.5 Å². The molecule has 0 saturated heterocycles. The van der Waals surface area contributed by atoms with Crippen molar-refractivity contribution in [1.82, 2.24) is 15.0 Å². The molecule has 1 amide bonds. The third kappa shape index (κ3) is 6.62. The standard InChI is InChI=1S/C30H25ClN4O2S/c31-26-11-5-4-10-24(26)19-35-28-13-7-6-12-27(28)33-30(35)38-21-29(36)34-32-18-22-14-16-25(17-15-22)37-20-23-8-2-1-3-9-23/h1-18H,19-21H2,(H,34,36). The number of fused-ring (bicyclic) bond motifs is 1. The lowest BCUT2D eigenvalue weighted by Crippen LogP contribution is -2.20. The Hall–Kier alpha value is -4.07. The van der Waals surface area contributed by atoms with Crippen molar-refractivity contribution in [3.05, 3.63) is 125 Å². The molecule has 0 bridgehead atoms. The van der Waals surface area contributed by atoms with Crippen molar-refractivity contribution in [1.29, 1.82) is 0 Å². The molecule has 0 aliphatic carbocycles. The maximum atomic E-state index is 12.5. The average Bonchev–Trinajstić information content (AvgIpc) is 3.30. The summed E-state index contributed by atoms with van der Waals surface area (Å²) < 4.78 is 7.89. The van der Waals surface area contributed by atoms with E-state index in [0.29, 0.717) is 18.2 Å². The molecule has 5 rings (SSSR count). The number of imidazole rings is 1. The number of carbonyl (C=O) groups excluding carboxylic acids is 1. The monoisotopic (exact) mass is 540 g/mol. The van der Waals surface area contributed by atoms with Gasteiger partial charge in [-0.3, -0.25) is 4.79 Å². The molecule has 1 N–H and O–H groups in total. The van der Waals surface area contributed by atoms with Gasteiger partial charge in [0, 0.05) is 5.02 Å². The van der Waals surface area contributed by atoms with E-state index < -0.39 is 0 Å². The second-order valence-corrected chi connectivity index (χ2v) is 9.84. The third-order valence-corrected chi connectivity index (χ3v) is 7.11. The number of rotatable bonds is 10. The summed E-state index contributed by atoms with van der Waals surface area (Å²) in [5, 5.41) is 5.54. The normalized spacial score (nSPS) is 11.2. The fourth-order valence-electron chi connectivity index (χ4n) is 3.85. The molecule has 0 radical (unpaired) electrons. The molecule has 38 heavy (non-hydrogen) atoms. The number of ether oxygens (including phenoxy) is 1. The van der Waals surface area contributed by atoms with Crippen LogP contribution in [0, 0.1) is 0 Å². The van der Waals surface area contributed by atoms with E-state index >= 15 is 0 Å². The van der Waals surface area contributed by atoms with Gasteiger partial charge >= 0.3 is 0 Å². The minimum atomic E-state index is -0.217. The van der Waals surface area contributed by atoms with E-state index in [9.17, 15) is 4.79 Å². The van der Waals surface area contributed by atoms with Crippen LogP contribution in [-0.4, -0.2) is 27.4 Å². The minimum Gasteiger partial charge on any atom is -0.489 e. The summed E-state index contributed by atoms with van der Waals surface area (Å²) in [5.41, 5.74) is 7.41. The van der Waals surface area contributed by atoms with Crippen LogP contribution in [-0.2, 0) is 17.9 Å². The molecule has 1 heterocycles. The predicted molar refractivity (Wildman–Crippen MR) is 154 cm³/mol. The molecule has 0 saturated carbocycles. The number of thioether (sulfide) groups is 1. The fraction of sp³-hybridized carbons (Fsp3) is 0.100. The number of hydrazone groups is 1. The van der Waals surface area contributed by atoms with E-state index in [1.165, 1.54) is 11.8 Å². The lowest BCUT2D eigenvalue weighted by Gasteiger charge is -2.10. The second kappa shape index (κ2) is 12.4. The number of hydrogen-bond acceptors (Lipinski definition) is 5. The molecule has 0 unspecified atom stereocenters. The maximum Gasteiger partial charge on any atom is 0.250 e. The number of nitrogens with zero attached hydrogens (tertiary/aromatic N) is 3. The largest absolute Gasteiger partial charge is 0.489 e. The molecule has 0 spiro atoms. The smallest absolute Gasteiger partial charge is 0.250 e. The van der Waals surface area contributed by atoms with Crippen molar-refractivity contribution in [2.75, 3.05) is 5.75 Å². The zero-order valence-corrected chi connectivity index (χ0v) is 22.0. The number of aromatic nitrogens is 2. The molecule has 8 heteroatoms. The maximum absolute atomic E-state index is 12.5. The van der Waals surface area contributed by atoms with Crippen LogP contribution in [0.25, 0.3) is 11.0 Å². The van der Waals surface area contributed by atoms with E-state index in [4.69, 9.17) is 21.3 Å². The summed E-state index contributed by atoms with van der Waals surface area (Å²) in [7, 11) is 0. The van der Waals surface area contributed by atoms with Crippen molar-refractivity contribution in [3.8, 4) is 5.75 Å². The molecule has 0 fully saturated rings. The highest BCUT2D eigenvalue weighted by atomic mass is 35.5. The van der Waals surface area contributed by atoms with Crippen LogP contribution in [0.5, 0.6) is 5.75 Å². The first-order chi connectivity index (χ1) is 18.7. The molecule has 6 nitrogen and oxygen atoms in total. The quantitative estimate of drug-likeness (QED) is 0.124. The van der Waals surface area contributed by atoms with E-state index in [1.807, 2.05) is 103 Å². The van der Waals surface area contributed by atoms with E-state index in [-0.39, 0.29) is 11.7 Å². The van der Waals surface area contributed by atoms with Crippen molar-refractivity contribution >= 4 is 46.5 Å². The van der Waals surface area contributed by atoms with Crippen LogP contribution in [0.3, 0.4) is 0 Å². The highest BCUT2D eigenvalue weighted by Gasteiger charge is 2.14. The lowest BCUT2D eigenvalue weighted by atomic mass is 10.2. The van der Waals surface area contributed by atoms with Crippen molar-refractivity contribution < 1.29 is 9.53 Å². The topological polar surface area (TPSA) is 68.5 Å². The number of benzene rings is 4. The number of nitrogens with one attached hydrogen (secondary N) is 1. The zero-order valence-electron chi connectivity index (χ0n) is 20.5. The second-order valence-electron chi connectivity index (χ2n) is 8.49. The first-order valence-electron chi connectivity index (χ1n) is 12.1. The SMILES string of the molecule is O=C(CSc1nc2ccccc2n1Cc1ccccc1Cl)NN=Cc1ccc(OCc2ccccc2)cc1. The number of halogens is 1. The number of hydrogen-bond donors (Lipinski definition) is 1. The average molecular weight is 541 g/mol. The van der Waals surface area contributed by atoms with E-state index in [0.717, 1.165) is 38.6 Å². The van der Waals surface area contributed by atoms with Crippen LogP contribution in [0.4, 0.5) is 0 Å². The Kier molecular flexibility index (Phi) is 8.38. The highest BCUT2D eigenvalue weighted by molar-refractivity contribution is 7.99. The molecule has 4 aromatic carbocycles. The summed E-state index contributed by atoms with van der Waals surface area (Å²) >= 11 is 7.77. The first kappa shape index (κ1) is 25.6. The summed E-state index contributed by atoms with van der Waals surface area (Å²) in [6.07, 6.45) is 1.61. The first-order valence-corrected chi connectivity index (χ1v) is 13.4. The molecule has 1 aromatic heterocycles. The molecular formula is C30H25ClN4O2S. The van der Waals surface area contributed by atoms with Gasteiger partial charge in [-0.1, -0.05) is 84.0 Å². The number of para-hydroxylation sites is 2. The predicted octanol–water partition coefficient (Wildman–Crippen LogP) is 6.56. The Morgan fingerprint density at radius 2 is 1.68 bits per heavy atom. The van der Waals surface area contributed by atoms with Crippen LogP contribution in [0.1, 0.15) is 16.7 Å². The number of carbonyl (C=O) groups is 1. The van der Waals surface area contributed by atoms with Gasteiger partial charge in [0.2, 0.25) is 0 Å². The molecule has 0 aliphatic rings. The Balaban J connectivity index is 1.16. The van der Waals surface area contributed by atoms with Gasteiger partial charge in [-0.25, -0.2) is 10.4 Å². The van der Waals surface area contributed by atoms with E-state index in [1.54, 1.807) is 6.21 Å². The van der Waals surface area contributed by atoms with Gasteiger partial charge in [0.1, 0.15) is 12.4 Å². The van der Waals surface area contributed by atoms with Gasteiger partial charge in [-0.15, -0.1) is 0 Å². The Labute approximate surface area is 230 Å². The van der Waals surface area contributed by atoms with Crippen LogP contribution < -0.4 is 10.2 Å². The van der Waals surface area contributed by atoms with Gasteiger partial charge in [0.25, 0.3) is 5.91 Å². The lowest BCUT2D eigenvalue weighted by molar-refractivity contribution is -0.118. The summed E-state index contributed by atoms with van der Waals surface area (Å²) in [5.74, 6) is 0.728. The Morgan fingerprint density at radius 3 is 2.50 bits per heavy atom. The van der Waals surface area contributed by atoms with Gasteiger partial charge in [-0.2, -0.15) is 5.10 Å². The van der Waals surface area contributed by atoms with Crippen molar-refractivity contribution in [2.45, 2.75) is 18.3 Å². The fourth-order valence-corrected chi connectivity index (χ4v) is 4.85. The highest BCUT2D eigenvalue weighted by Crippen LogP contribution is 2.27. The molecule has 0 atom stereocenters. The van der Waals surface area contributed by atoms with Crippen LogP contribution in [0.15, 0.2) is 113 Å². The summed E-state index contributed by atoms with van der Waals surface area (Å²) in [6.45, 7) is 1.07. The van der Waals surface area contributed by atoms with Gasteiger partial charge < -0.3 is 9.30 Å². The molecular weight excluding hydrogens is 516 g/mol. The zero-order chi connectivity index (χ0) is 26.2. The number of amides is 1. The molecule has 5 aromatic rings. The minimum absolute atomic E-state index is 0.176. The van der Waals surface area contributed by atoms with Crippen molar-refractivity contribution in [2.24, 2.45) is 5.10 Å². The Bertz CT molecular complexity index is 1550. The Morgan fingerprint density at radius 1 is 0.947 bits per heavy atom. The molecule has 0 aliphatic heterocycles. The summed E-state index contributed by atoms with van der Waals surface area (Å²) in [6, 6.07) is 33.2. The third-order valence-electron chi connectivity index (χ3n) is 5.77. The van der Waals surface area contributed by atoms with E-state index in [2.05, 4.69) is 15.1 Å².